The average molecular weight is 302 g/mol. The number of carbonyl (C=O) groups excluding carboxylic acids is 1. The van der Waals surface area contributed by atoms with E-state index in [1.54, 1.807) is 0 Å². The van der Waals surface area contributed by atoms with Crippen molar-refractivity contribution in [2.45, 2.75) is 69.2 Å². The minimum atomic E-state index is -0.871. The number of aliphatic carboxylic acids is 1. The molecule has 3 N–H and O–H groups in total. The van der Waals surface area contributed by atoms with Crippen molar-refractivity contribution < 1.29 is 14.7 Å². The molecule has 0 aromatic carbocycles. The van der Waals surface area contributed by atoms with Gasteiger partial charge in [0, 0.05) is 17.3 Å². The monoisotopic (exact) mass is 302 g/mol. The second kappa shape index (κ2) is 9.10. The van der Waals surface area contributed by atoms with E-state index in [1.165, 1.54) is 0 Å². The lowest BCUT2D eigenvalue weighted by atomic mass is 9.95. The lowest BCUT2D eigenvalue weighted by molar-refractivity contribution is -0.137. The Morgan fingerprint density at radius 2 is 1.95 bits per heavy atom. The van der Waals surface area contributed by atoms with Crippen LogP contribution in [0.5, 0.6) is 0 Å². The molecule has 0 spiro atoms. The molecule has 1 saturated carbocycles. The fourth-order valence-corrected chi connectivity index (χ4v) is 3.38. The van der Waals surface area contributed by atoms with Gasteiger partial charge in [0.2, 0.25) is 0 Å². The molecule has 0 saturated heterocycles. The number of carboxylic acid groups (broad SMARTS) is 1. The van der Waals surface area contributed by atoms with Crippen molar-refractivity contribution in [3.8, 4) is 0 Å². The zero-order valence-corrected chi connectivity index (χ0v) is 13.2. The van der Waals surface area contributed by atoms with Crippen LogP contribution in [0.15, 0.2) is 0 Å². The predicted octanol–water partition coefficient (Wildman–Crippen LogP) is 2.60. The highest BCUT2D eigenvalue weighted by Gasteiger charge is 2.23. The molecule has 6 heteroatoms. The Morgan fingerprint density at radius 1 is 1.30 bits per heavy atom. The van der Waals surface area contributed by atoms with E-state index in [2.05, 4.69) is 16.9 Å². The van der Waals surface area contributed by atoms with Gasteiger partial charge in [0.15, 0.2) is 0 Å². The smallest absolute Gasteiger partial charge is 0.315 e. The third kappa shape index (κ3) is 6.50. The maximum absolute atomic E-state index is 11.9. The van der Waals surface area contributed by atoms with Crippen LogP contribution in [-0.2, 0) is 4.79 Å². The van der Waals surface area contributed by atoms with Crippen molar-refractivity contribution in [3.05, 3.63) is 0 Å². The molecule has 20 heavy (non-hydrogen) atoms. The maximum atomic E-state index is 11.9. The summed E-state index contributed by atoms with van der Waals surface area (Å²) in [5.74, 6) is -0.871. The molecule has 0 bridgehead atoms. The first-order valence-electron chi connectivity index (χ1n) is 7.36. The number of hydrogen-bond donors (Lipinski definition) is 3. The molecule has 1 fully saturated rings. The molecule has 1 atom stereocenters. The Hall–Kier alpha value is -0.910. The van der Waals surface area contributed by atoms with E-state index in [4.69, 9.17) is 5.11 Å². The summed E-state index contributed by atoms with van der Waals surface area (Å²) in [6.45, 7) is 1.98. The van der Waals surface area contributed by atoms with Crippen LogP contribution in [-0.4, -0.2) is 40.7 Å². The number of hydrogen-bond acceptors (Lipinski definition) is 3. The molecular formula is C14H26N2O3S. The van der Waals surface area contributed by atoms with Crippen LogP contribution in [0.4, 0.5) is 4.79 Å². The van der Waals surface area contributed by atoms with Gasteiger partial charge in [0.25, 0.3) is 0 Å². The van der Waals surface area contributed by atoms with Gasteiger partial charge in [0.1, 0.15) is 0 Å². The highest BCUT2D eigenvalue weighted by Crippen LogP contribution is 2.26. The highest BCUT2D eigenvalue weighted by atomic mass is 32.2. The van der Waals surface area contributed by atoms with Gasteiger partial charge in [-0.25, -0.2) is 4.79 Å². The third-order valence-electron chi connectivity index (χ3n) is 3.74. The van der Waals surface area contributed by atoms with Gasteiger partial charge in [0.05, 0.1) is 6.42 Å². The summed E-state index contributed by atoms with van der Waals surface area (Å²) in [7, 11) is 0. The molecule has 1 aliphatic rings. The molecule has 5 nitrogen and oxygen atoms in total. The van der Waals surface area contributed by atoms with Crippen molar-refractivity contribution in [2.75, 3.05) is 6.26 Å². The Kier molecular flexibility index (Phi) is 7.80. The lowest BCUT2D eigenvalue weighted by Crippen LogP contribution is -2.47. The molecule has 1 rings (SSSR count). The van der Waals surface area contributed by atoms with Gasteiger partial charge in [-0.05, 0) is 38.4 Å². The van der Waals surface area contributed by atoms with Crippen LogP contribution < -0.4 is 10.6 Å². The maximum Gasteiger partial charge on any atom is 0.315 e. The SMILES string of the molecule is CCCC(CC(=O)O)NC(=O)NC1CCC(SC)CC1. The van der Waals surface area contributed by atoms with Gasteiger partial charge in [-0.3, -0.25) is 4.79 Å². The van der Waals surface area contributed by atoms with Gasteiger partial charge < -0.3 is 15.7 Å². The van der Waals surface area contributed by atoms with Crippen molar-refractivity contribution >= 4 is 23.8 Å². The van der Waals surface area contributed by atoms with E-state index >= 15 is 0 Å². The predicted molar refractivity (Wildman–Crippen MR) is 82.2 cm³/mol. The van der Waals surface area contributed by atoms with E-state index in [0.717, 1.165) is 37.4 Å². The van der Waals surface area contributed by atoms with Crippen molar-refractivity contribution in [2.24, 2.45) is 0 Å². The Balaban J connectivity index is 2.32. The van der Waals surface area contributed by atoms with Crippen LogP contribution in [0, 0.1) is 0 Å². The summed E-state index contributed by atoms with van der Waals surface area (Å²) in [6.07, 6.45) is 7.97. The fourth-order valence-electron chi connectivity index (χ4n) is 2.64. The first-order valence-corrected chi connectivity index (χ1v) is 8.65. The van der Waals surface area contributed by atoms with E-state index < -0.39 is 5.97 Å². The van der Waals surface area contributed by atoms with Crippen LogP contribution in [0.1, 0.15) is 51.9 Å². The lowest BCUT2D eigenvalue weighted by Gasteiger charge is -2.28. The number of carbonyl (C=O) groups is 2. The van der Waals surface area contributed by atoms with E-state index in [1.807, 2.05) is 18.7 Å². The first kappa shape index (κ1) is 17.1. The zero-order valence-electron chi connectivity index (χ0n) is 12.4. The van der Waals surface area contributed by atoms with Crippen molar-refractivity contribution in [1.82, 2.24) is 10.6 Å². The third-order valence-corrected chi connectivity index (χ3v) is 4.87. The molecule has 0 radical (unpaired) electrons. The zero-order chi connectivity index (χ0) is 15.0. The summed E-state index contributed by atoms with van der Waals surface area (Å²) in [4.78, 5) is 22.7. The van der Waals surface area contributed by atoms with E-state index in [9.17, 15) is 9.59 Å². The Morgan fingerprint density at radius 3 is 2.45 bits per heavy atom. The number of amides is 2. The first-order chi connectivity index (χ1) is 9.55. The summed E-state index contributed by atoms with van der Waals surface area (Å²) in [5, 5.41) is 15.3. The highest BCUT2D eigenvalue weighted by molar-refractivity contribution is 7.99. The van der Waals surface area contributed by atoms with Crippen molar-refractivity contribution in [3.63, 3.8) is 0 Å². The van der Waals surface area contributed by atoms with Crippen LogP contribution in [0.25, 0.3) is 0 Å². The summed E-state index contributed by atoms with van der Waals surface area (Å²) < 4.78 is 0. The molecular weight excluding hydrogens is 276 g/mol. The Bertz CT molecular complexity index is 318. The number of thioether (sulfide) groups is 1. The summed E-state index contributed by atoms with van der Waals surface area (Å²) in [6, 6.07) is -0.275. The van der Waals surface area contributed by atoms with Crippen molar-refractivity contribution in [1.29, 1.82) is 0 Å². The molecule has 0 aromatic heterocycles. The largest absolute Gasteiger partial charge is 0.481 e. The Labute approximate surface area is 125 Å². The molecule has 0 aliphatic heterocycles. The second-order valence-corrected chi connectivity index (χ2v) is 6.55. The molecule has 1 unspecified atom stereocenters. The average Bonchev–Trinajstić information content (AvgIpc) is 2.39. The number of urea groups is 1. The van der Waals surface area contributed by atoms with E-state index in [0.29, 0.717) is 6.42 Å². The number of nitrogens with one attached hydrogen (secondary N) is 2. The van der Waals surface area contributed by atoms with Gasteiger partial charge in [-0.2, -0.15) is 11.8 Å². The van der Waals surface area contributed by atoms with Gasteiger partial charge in [-0.15, -0.1) is 0 Å². The molecule has 1 aliphatic carbocycles. The fraction of sp³-hybridized carbons (Fsp3) is 0.857. The summed E-state index contributed by atoms with van der Waals surface area (Å²) in [5.41, 5.74) is 0. The molecule has 116 valence electrons. The molecule has 0 aromatic rings. The van der Waals surface area contributed by atoms with E-state index in [-0.39, 0.29) is 24.5 Å². The number of carboxylic acids is 1. The summed E-state index contributed by atoms with van der Waals surface area (Å²) >= 11 is 1.90. The van der Waals surface area contributed by atoms with Crippen LogP contribution in [0.3, 0.4) is 0 Å². The minimum absolute atomic E-state index is 0.0134. The normalized spacial score (nSPS) is 23.9. The minimum Gasteiger partial charge on any atom is -0.481 e. The number of rotatable bonds is 7. The quantitative estimate of drug-likeness (QED) is 0.675. The molecule has 0 heterocycles. The molecule has 2 amide bonds. The van der Waals surface area contributed by atoms with Gasteiger partial charge >= 0.3 is 12.0 Å². The van der Waals surface area contributed by atoms with Crippen LogP contribution in [0.2, 0.25) is 0 Å². The standard InChI is InChI=1S/C14H26N2O3S/c1-3-4-11(9-13(17)18)16-14(19)15-10-5-7-12(20-2)8-6-10/h10-12H,3-9H2,1-2H3,(H,17,18)(H2,15,16,19). The topological polar surface area (TPSA) is 78.4 Å². The van der Waals surface area contributed by atoms with Gasteiger partial charge in [-0.1, -0.05) is 13.3 Å². The second-order valence-electron chi connectivity index (χ2n) is 5.41. The van der Waals surface area contributed by atoms with Crippen LogP contribution >= 0.6 is 11.8 Å².